The maximum Gasteiger partial charge on any atom is 0.280 e. The number of hydrogen-bond acceptors (Lipinski definition) is 10. The number of halogens is 1. The average molecular weight is 631 g/mol. The number of rotatable bonds is 16. The predicted molar refractivity (Wildman–Crippen MR) is 173 cm³/mol. The Morgan fingerprint density at radius 3 is 2.64 bits per heavy atom. The molecule has 0 radical (unpaired) electrons. The highest BCUT2D eigenvalue weighted by Crippen LogP contribution is 2.28. The van der Waals surface area contributed by atoms with Crippen molar-refractivity contribution in [3.63, 3.8) is 0 Å². The van der Waals surface area contributed by atoms with Crippen LogP contribution in [-0.2, 0) is 11.2 Å². The number of hydrogen-bond donors (Lipinski definition) is 6. The zero-order valence-electron chi connectivity index (χ0n) is 25.6. The van der Waals surface area contributed by atoms with Crippen LogP contribution in [-0.4, -0.2) is 69.4 Å². The number of nitrogens with one attached hydrogen (secondary N) is 1. The van der Waals surface area contributed by atoms with E-state index >= 15 is 0 Å². The second kappa shape index (κ2) is 17.7. The Kier molecular flexibility index (Phi) is 14.1. The summed E-state index contributed by atoms with van der Waals surface area (Å²) in [7, 11) is 0. The summed E-state index contributed by atoms with van der Waals surface area (Å²) in [5.41, 5.74) is 18.2. The summed E-state index contributed by atoms with van der Waals surface area (Å²) < 4.78 is 0. The van der Waals surface area contributed by atoms with Crippen LogP contribution in [0.4, 0.5) is 11.6 Å². The number of unbranched alkanes of at least 4 members (excludes halogenated alkanes) is 1. The van der Waals surface area contributed by atoms with Gasteiger partial charge in [0, 0.05) is 18.5 Å². The second-order valence-corrected chi connectivity index (χ2v) is 12.1. The number of phenolic OH excluding ortho intramolecular Hbond substituents is 1. The van der Waals surface area contributed by atoms with Crippen LogP contribution in [0.3, 0.4) is 0 Å². The van der Waals surface area contributed by atoms with Crippen LogP contribution in [0.2, 0.25) is 5.15 Å². The van der Waals surface area contributed by atoms with Gasteiger partial charge in [-0.15, -0.1) is 0 Å². The van der Waals surface area contributed by atoms with Gasteiger partial charge in [-0.05, 0) is 94.1 Å². The molecule has 13 heteroatoms. The summed E-state index contributed by atoms with van der Waals surface area (Å²) in [6.07, 6.45) is 9.65. The summed E-state index contributed by atoms with van der Waals surface area (Å²) in [6, 6.07) is 5.00. The van der Waals surface area contributed by atoms with Gasteiger partial charge in [0.25, 0.3) is 5.91 Å². The Balaban J connectivity index is 1.24. The Hall–Kier alpha value is -3.48. The lowest BCUT2D eigenvalue weighted by Crippen LogP contribution is -2.38. The molecule has 0 bridgehead atoms. The standard InChI is InChI=1S/C31H47ClN8O4/c1-20(7-9-24(42)22-8-10-25(43)23(19-22)13-18-41)5-4-15-40-16-11-21(12-17-40)6-2-3-14-36-31(35)39-30(44)26-28(33)38-29(34)27(32)37-26/h8,10,18-21,24,42-43H,2-7,9,11-17H2,1H3,(H4,33,34,38)(H3,35,36,39,44)/t20-,24+/m1/s1. The number of nitrogen functional groups attached to an aromatic ring is 2. The van der Waals surface area contributed by atoms with Gasteiger partial charge in [-0.1, -0.05) is 37.4 Å². The number of phenols is 1. The number of aliphatic imine (C=N–C) groups is 1. The molecule has 1 aliphatic heterocycles. The highest BCUT2D eigenvalue weighted by molar-refractivity contribution is 6.31. The Labute approximate surface area is 264 Å². The number of nitrogens with two attached hydrogens (primary N) is 3. The Morgan fingerprint density at radius 1 is 1.16 bits per heavy atom. The first-order chi connectivity index (χ1) is 21.1. The number of benzene rings is 1. The second-order valence-electron chi connectivity index (χ2n) is 11.7. The largest absolute Gasteiger partial charge is 0.508 e. The predicted octanol–water partition coefficient (Wildman–Crippen LogP) is 3.60. The molecule has 2 aromatic rings. The SMILES string of the molecule is C[C@H](CCCN1CCC(CCCCN=C(N)NC(=O)c2nc(Cl)c(N)nc2N)CC1)CC[C@H](O)c1ccc(O)c(CC=O)c1. The number of likely N-dealkylation sites (tertiary alicyclic amines) is 1. The molecular weight excluding hydrogens is 584 g/mol. The van der Waals surface area contributed by atoms with Crippen molar-refractivity contribution in [2.45, 2.75) is 77.2 Å². The van der Waals surface area contributed by atoms with Crippen molar-refractivity contribution in [1.29, 1.82) is 0 Å². The van der Waals surface area contributed by atoms with E-state index in [0.717, 1.165) is 75.9 Å². The van der Waals surface area contributed by atoms with Gasteiger partial charge in [-0.25, -0.2) is 9.97 Å². The van der Waals surface area contributed by atoms with Gasteiger partial charge in [0.05, 0.1) is 6.10 Å². The van der Waals surface area contributed by atoms with Crippen LogP contribution in [0, 0.1) is 11.8 Å². The number of aromatic hydroxyl groups is 1. The van der Waals surface area contributed by atoms with E-state index in [-0.39, 0.29) is 40.6 Å². The van der Waals surface area contributed by atoms with Gasteiger partial charge in [0.2, 0.25) is 0 Å². The van der Waals surface area contributed by atoms with Gasteiger partial charge in [-0.2, -0.15) is 0 Å². The van der Waals surface area contributed by atoms with Crippen molar-refractivity contribution in [3.05, 3.63) is 40.2 Å². The molecule has 1 saturated heterocycles. The van der Waals surface area contributed by atoms with Crippen molar-refractivity contribution < 1.29 is 19.8 Å². The van der Waals surface area contributed by atoms with E-state index in [2.05, 4.69) is 32.1 Å². The van der Waals surface area contributed by atoms with Gasteiger partial charge in [0.1, 0.15) is 12.0 Å². The molecule has 1 aromatic heterocycles. The number of nitrogens with zero attached hydrogens (tertiary/aromatic N) is 4. The molecule has 1 amide bonds. The fourth-order valence-corrected chi connectivity index (χ4v) is 5.68. The van der Waals surface area contributed by atoms with Crippen LogP contribution in [0.5, 0.6) is 5.75 Å². The van der Waals surface area contributed by atoms with E-state index in [9.17, 15) is 19.8 Å². The van der Waals surface area contributed by atoms with Crippen LogP contribution < -0.4 is 22.5 Å². The van der Waals surface area contributed by atoms with Crippen LogP contribution in [0.25, 0.3) is 0 Å². The maximum absolute atomic E-state index is 12.3. The number of aliphatic hydroxyl groups is 1. The number of carbonyl (C=O) groups is 2. The van der Waals surface area contributed by atoms with Crippen LogP contribution >= 0.6 is 11.6 Å². The minimum absolute atomic E-state index is 0.00929. The molecule has 0 saturated carbocycles. The van der Waals surface area contributed by atoms with Gasteiger partial charge < -0.3 is 37.1 Å². The maximum atomic E-state index is 12.3. The molecule has 44 heavy (non-hydrogen) atoms. The quantitative estimate of drug-likeness (QED) is 0.0687. The molecule has 0 aliphatic carbocycles. The fraction of sp³-hybridized carbons (Fsp3) is 0.581. The molecule has 2 heterocycles. The monoisotopic (exact) mass is 630 g/mol. The smallest absolute Gasteiger partial charge is 0.280 e. The molecule has 1 fully saturated rings. The topological polar surface area (TPSA) is 206 Å². The number of aldehydes is 1. The van der Waals surface area contributed by atoms with Gasteiger partial charge in [-0.3, -0.25) is 15.1 Å². The number of aromatic nitrogens is 2. The van der Waals surface area contributed by atoms with E-state index in [0.29, 0.717) is 24.4 Å². The molecule has 3 rings (SSSR count). The van der Waals surface area contributed by atoms with E-state index in [1.807, 2.05) is 0 Å². The molecule has 242 valence electrons. The first-order valence-corrected chi connectivity index (χ1v) is 15.8. The van der Waals surface area contributed by atoms with Crippen LogP contribution in [0.15, 0.2) is 23.2 Å². The van der Waals surface area contributed by atoms with Crippen molar-refractivity contribution in [3.8, 4) is 5.75 Å². The zero-order valence-corrected chi connectivity index (χ0v) is 26.3. The summed E-state index contributed by atoms with van der Waals surface area (Å²) in [4.78, 5) is 37.5. The van der Waals surface area contributed by atoms with E-state index in [1.54, 1.807) is 18.2 Å². The summed E-state index contributed by atoms with van der Waals surface area (Å²) in [5.74, 6) is 0.484. The average Bonchev–Trinajstić information content (AvgIpc) is 2.99. The molecule has 1 aliphatic rings. The van der Waals surface area contributed by atoms with E-state index in [1.165, 1.54) is 12.8 Å². The zero-order chi connectivity index (χ0) is 32.1. The molecule has 9 N–H and O–H groups in total. The highest BCUT2D eigenvalue weighted by Gasteiger charge is 2.20. The molecule has 12 nitrogen and oxygen atoms in total. The van der Waals surface area contributed by atoms with Crippen molar-refractivity contribution in [2.75, 3.05) is 37.6 Å². The highest BCUT2D eigenvalue weighted by atomic mass is 35.5. The van der Waals surface area contributed by atoms with Gasteiger partial charge in [0.15, 0.2) is 28.4 Å². The summed E-state index contributed by atoms with van der Waals surface area (Å²) >= 11 is 5.82. The first kappa shape index (κ1) is 35.0. The third-order valence-corrected chi connectivity index (χ3v) is 8.55. The number of amides is 1. The van der Waals surface area contributed by atoms with Crippen molar-refractivity contribution >= 4 is 41.4 Å². The summed E-state index contributed by atoms with van der Waals surface area (Å²) in [5, 5.41) is 22.8. The number of aliphatic hydroxyl groups excluding tert-OH is 1. The van der Waals surface area contributed by atoms with Crippen LogP contribution in [0.1, 0.15) is 92.4 Å². The molecule has 0 unspecified atom stereocenters. The Bertz CT molecular complexity index is 1270. The molecular formula is C31H47ClN8O4. The lowest BCUT2D eigenvalue weighted by Gasteiger charge is -2.32. The van der Waals surface area contributed by atoms with Gasteiger partial charge >= 0.3 is 0 Å². The third kappa shape index (κ3) is 11.2. The normalized spacial score (nSPS) is 16.0. The number of piperidine rings is 1. The minimum atomic E-state index is -0.643. The number of anilines is 2. The lowest BCUT2D eigenvalue weighted by atomic mass is 9.91. The van der Waals surface area contributed by atoms with E-state index < -0.39 is 12.0 Å². The minimum Gasteiger partial charge on any atom is -0.508 e. The molecule has 1 aromatic carbocycles. The van der Waals surface area contributed by atoms with Crippen molar-refractivity contribution in [2.24, 2.45) is 22.6 Å². The Morgan fingerprint density at radius 2 is 1.91 bits per heavy atom. The van der Waals surface area contributed by atoms with E-state index in [4.69, 9.17) is 28.8 Å². The fourth-order valence-electron chi connectivity index (χ4n) is 5.55. The number of guanidine groups is 1. The van der Waals surface area contributed by atoms with Crippen molar-refractivity contribution in [1.82, 2.24) is 20.2 Å². The lowest BCUT2D eigenvalue weighted by molar-refractivity contribution is -0.107. The molecule has 0 spiro atoms. The summed E-state index contributed by atoms with van der Waals surface area (Å²) in [6.45, 7) is 6.10. The first-order valence-electron chi connectivity index (χ1n) is 15.4. The molecule has 2 atom stereocenters. The number of carbonyl (C=O) groups excluding carboxylic acids is 2. The third-order valence-electron chi connectivity index (χ3n) is 8.27.